The van der Waals surface area contributed by atoms with Gasteiger partial charge < -0.3 is 4.40 Å². The van der Waals surface area contributed by atoms with Gasteiger partial charge in [-0.3, -0.25) is 0 Å². The van der Waals surface area contributed by atoms with E-state index in [1.165, 1.54) is 0 Å². The molecule has 0 saturated carbocycles. The fourth-order valence-corrected chi connectivity index (χ4v) is 3.08. The number of aromatic nitrogens is 2. The van der Waals surface area contributed by atoms with Gasteiger partial charge in [0.05, 0.1) is 15.6 Å². The first kappa shape index (κ1) is 10.3. The number of halogens is 2. The van der Waals surface area contributed by atoms with Crippen molar-refractivity contribution in [2.45, 2.75) is 0 Å². The minimum Gasteiger partial charge on any atom is -0.305 e. The van der Waals surface area contributed by atoms with E-state index in [0.717, 1.165) is 20.7 Å². The summed E-state index contributed by atoms with van der Waals surface area (Å²) < 4.78 is 3.02. The molecule has 0 fully saturated rings. The van der Waals surface area contributed by atoms with Crippen LogP contribution < -0.4 is 0 Å². The molecule has 0 atom stereocenters. The minimum absolute atomic E-state index is 0.712. The van der Waals surface area contributed by atoms with Crippen molar-refractivity contribution in [2.75, 3.05) is 0 Å². The highest BCUT2D eigenvalue weighted by atomic mass is 79.9. The van der Waals surface area contributed by atoms with Crippen molar-refractivity contribution in [3.63, 3.8) is 0 Å². The number of fused-ring (bicyclic) bond motifs is 1. The maximum atomic E-state index is 5.92. The van der Waals surface area contributed by atoms with Gasteiger partial charge in [0.15, 0.2) is 0 Å². The second-order valence-electron chi connectivity index (χ2n) is 3.37. The molecular weight excluding hydrogens is 308 g/mol. The Kier molecular flexibility index (Phi) is 2.50. The number of imidazole rings is 1. The first-order valence-electron chi connectivity index (χ1n) is 4.61. The fourth-order valence-electron chi connectivity index (χ4n) is 1.53. The van der Waals surface area contributed by atoms with Crippen LogP contribution in [0, 0.1) is 0 Å². The molecule has 0 aromatic carbocycles. The summed E-state index contributed by atoms with van der Waals surface area (Å²) in [6.07, 6.45) is 3.84. The maximum absolute atomic E-state index is 5.92. The molecule has 0 spiro atoms. The van der Waals surface area contributed by atoms with E-state index in [9.17, 15) is 0 Å². The molecule has 0 amide bonds. The summed E-state index contributed by atoms with van der Waals surface area (Å²) in [7, 11) is 0. The average molecular weight is 314 g/mol. The van der Waals surface area contributed by atoms with Crippen LogP contribution in [-0.2, 0) is 0 Å². The lowest BCUT2D eigenvalue weighted by Gasteiger charge is -1.91. The Bertz CT molecular complexity index is 659. The van der Waals surface area contributed by atoms with Gasteiger partial charge in [-0.25, -0.2) is 4.98 Å². The zero-order valence-electron chi connectivity index (χ0n) is 8.02. The molecule has 0 unspecified atom stereocenters. The van der Waals surface area contributed by atoms with Crippen LogP contribution in [0.1, 0.15) is 0 Å². The van der Waals surface area contributed by atoms with Crippen molar-refractivity contribution >= 4 is 44.5 Å². The second-order valence-corrected chi connectivity index (χ2v) is 5.63. The molecule has 16 heavy (non-hydrogen) atoms. The highest BCUT2D eigenvalue weighted by Crippen LogP contribution is 2.29. The predicted octanol–water partition coefficient (Wildman–Crippen LogP) is 4.48. The van der Waals surface area contributed by atoms with Crippen molar-refractivity contribution < 1.29 is 0 Å². The van der Waals surface area contributed by atoms with Crippen LogP contribution in [0.3, 0.4) is 0 Å². The first-order valence-corrected chi connectivity index (χ1v) is 6.66. The van der Waals surface area contributed by atoms with Crippen LogP contribution in [0.2, 0.25) is 5.02 Å². The van der Waals surface area contributed by atoms with E-state index in [4.69, 9.17) is 11.6 Å². The third-order valence-electron chi connectivity index (χ3n) is 2.23. The standard InChI is InChI=1S/C11H6BrClN2S/c12-7-3-10(16-6-7)9-5-15-4-8(13)1-2-11(15)14-9/h1-6H. The van der Waals surface area contributed by atoms with E-state index in [1.807, 2.05) is 34.3 Å². The number of nitrogens with zero attached hydrogens (tertiary/aromatic N) is 2. The summed E-state index contributed by atoms with van der Waals surface area (Å²) >= 11 is 11.0. The maximum Gasteiger partial charge on any atom is 0.137 e. The lowest BCUT2D eigenvalue weighted by atomic mass is 10.4. The second kappa shape index (κ2) is 3.87. The van der Waals surface area contributed by atoms with E-state index in [0.29, 0.717) is 5.02 Å². The number of hydrogen-bond donors (Lipinski definition) is 0. The fraction of sp³-hybridized carbons (Fsp3) is 0. The van der Waals surface area contributed by atoms with Gasteiger partial charge >= 0.3 is 0 Å². The smallest absolute Gasteiger partial charge is 0.137 e. The van der Waals surface area contributed by atoms with Crippen molar-refractivity contribution in [3.8, 4) is 10.6 Å². The van der Waals surface area contributed by atoms with Crippen LogP contribution in [0.5, 0.6) is 0 Å². The molecule has 0 N–H and O–H groups in total. The molecule has 80 valence electrons. The Balaban J connectivity index is 2.18. The third-order valence-corrected chi connectivity index (χ3v) is 4.17. The van der Waals surface area contributed by atoms with Gasteiger partial charge in [-0.2, -0.15) is 0 Å². The number of pyridine rings is 1. The lowest BCUT2D eigenvalue weighted by molar-refractivity contribution is 1.19. The van der Waals surface area contributed by atoms with Gasteiger partial charge in [-0.05, 0) is 34.1 Å². The molecule has 5 heteroatoms. The molecular formula is C11H6BrClN2S. The van der Waals surface area contributed by atoms with Crippen molar-refractivity contribution in [3.05, 3.63) is 45.5 Å². The molecule has 3 heterocycles. The summed E-state index contributed by atoms with van der Waals surface area (Å²) in [4.78, 5) is 5.68. The number of rotatable bonds is 1. The Morgan fingerprint density at radius 2 is 2.19 bits per heavy atom. The van der Waals surface area contributed by atoms with Gasteiger partial charge in [0, 0.05) is 22.2 Å². The monoisotopic (exact) mass is 312 g/mol. The molecule has 0 aliphatic carbocycles. The van der Waals surface area contributed by atoms with E-state index < -0.39 is 0 Å². The van der Waals surface area contributed by atoms with Gasteiger partial charge in [0.1, 0.15) is 5.65 Å². The van der Waals surface area contributed by atoms with E-state index >= 15 is 0 Å². The molecule has 2 nitrogen and oxygen atoms in total. The summed E-state index contributed by atoms with van der Waals surface area (Å²) in [6, 6.07) is 5.82. The predicted molar refractivity (Wildman–Crippen MR) is 71.2 cm³/mol. The van der Waals surface area contributed by atoms with Crippen LogP contribution in [0.4, 0.5) is 0 Å². The summed E-state index contributed by atoms with van der Waals surface area (Å²) in [5.41, 5.74) is 1.88. The minimum atomic E-state index is 0.712. The first-order chi connectivity index (χ1) is 7.72. The van der Waals surface area contributed by atoms with Gasteiger partial charge in [-0.15, -0.1) is 11.3 Å². The van der Waals surface area contributed by atoms with E-state index in [1.54, 1.807) is 11.3 Å². The molecule has 0 aliphatic heterocycles. The van der Waals surface area contributed by atoms with Crippen LogP contribution in [0.25, 0.3) is 16.2 Å². The number of thiophene rings is 1. The zero-order chi connectivity index (χ0) is 11.1. The third kappa shape index (κ3) is 1.77. The molecule has 3 rings (SSSR count). The SMILES string of the molecule is Clc1ccc2nc(-c3cc(Br)cs3)cn2c1. The molecule has 0 aliphatic rings. The normalized spacial score (nSPS) is 11.1. The summed E-state index contributed by atoms with van der Waals surface area (Å²) in [5, 5.41) is 2.76. The highest BCUT2D eigenvalue weighted by Gasteiger charge is 2.06. The molecule has 0 radical (unpaired) electrons. The summed E-state index contributed by atoms with van der Waals surface area (Å²) in [6.45, 7) is 0. The zero-order valence-corrected chi connectivity index (χ0v) is 11.2. The van der Waals surface area contributed by atoms with Crippen molar-refractivity contribution in [1.29, 1.82) is 0 Å². The molecule has 0 saturated heterocycles. The molecule has 3 aromatic rings. The van der Waals surface area contributed by atoms with Crippen molar-refractivity contribution in [2.24, 2.45) is 0 Å². The van der Waals surface area contributed by atoms with Crippen LogP contribution in [0.15, 0.2) is 40.4 Å². The largest absolute Gasteiger partial charge is 0.305 e. The topological polar surface area (TPSA) is 17.3 Å². The number of hydrogen-bond acceptors (Lipinski definition) is 2. The van der Waals surface area contributed by atoms with Crippen molar-refractivity contribution in [1.82, 2.24) is 9.38 Å². The van der Waals surface area contributed by atoms with Gasteiger partial charge in [0.2, 0.25) is 0 Å². The quantitative estimate of drug-likeness (QED) is 0.647. The Hall–Kier alpha value is -0.840. The van der Waals surface area contributed by atoms with E-state index in [2.05, 4.69) is 27.0 Å². The Morgan fingerprint density at radius 1 is 1.31 bits per heavy atom. The Morgan fingerprint density at radius 3 is 2.94 bits per heavy atom. The van der Waals surface area contributed by atoms with Crippen LogP contribution >= 0.6 is 38.9 Å². The van der Waals surface area contributed by atoms with E-state index in [-0.39, 0.29) is 0 Å². The lowest BCUT2D eigenvalue weighted by Crippen LogP contribution is -1.79. The Labute approximate surface area is 110 Å². The average Bonchev–Trinajstić information content (AvgIpc) is 2.83. The molecule has 0 bridgehead atoms. The van der Waals surface area contributed by atoms with Gasteiger partial charge in [-0.1, -0.05) is 11.6 Å². The molecule has 3 aromatic heterocycles. The summed E-state index contributed by atoms with van der Waals surface area (Å²) in [5.74, 6) is 0. The van der Waals surface area contributed by atoms with Gasteiger partial charge in [0.25, 0.3) is 0 Å². The van der Waals surface area contributed by atoms with Crippen LogP contribution in [-0.4, -0.2) is 9.38 Å². The highest BCUT2D eigenvalue weighted by molar-refractivity contribution is 9.10.